The smallest absolute Gasteiger partial charge is 0.240 e. The SMILES string of the molecule is CC(C)(C)c1noc(CN(CCN)Cc2ccccc2)n1. The lowest BCUT2D eigenvalue weighted by atomic mass is 9.96. The average Bonchev–Trinajstić information content (AvgIpc) is 2.89. The molecular formula is C16H24N4O. The second-order valence-corrected chi connectivity index (χ2v) is 6.25. The number of nitrogens with two attached hydrogens (primary N) is 1. The standard InChI is InChI=1S/C16H24N4O/c1-16(2,3)15-18-14(21-19-15)12-20(10-9-17)11-13-7-5-4-6-8-13/h4-8H,9-12,17H2,1-3H3. The van der Waals surface area contributed by atoms with Crippen molar-refractivity contribution in [2.24, 2.45) is 5.73 Å². The predicted octanol–water partition coefficient (Wildman–Crippen LogP) is 2.33. The maximum Gasteiger partial charge on any atom is 0.240 e. The molecule has 21 heavy (non-hydrogen) atoms. The van der Waals surface area contributed by atoms with E-state index >= 15 is 0 Å². The molecular weight excluding hydrogens is 264 g/mol. The Morgan fingerprint density at radius 1 is 1.14 bits per heavy atom. The second-order valence-electron chi connectivity index (χ2n) is 6.25. The minimum atomic E-state index is -0.0973. The van der Waals surface area contributed by atoms with Crippen LogP contribution in [0.5, 0.6) is 0 Å². The Labute approximate surface area is 126 Å². The minimum Gasteiger partial charge on any atom is -0.338 e. The summed E-state index contributed by atoms with van der Waals surface area (Å²) < 4.78 is 5.36. The van der Waals surface area contributed by atoms with Gasteiger partial charge in [-0.1, -0.05) is 56.3 Å². The van der Waals surface area contributed by atoms with Crippen molar-refractivity contribution in [3.05, 3.63) is 47.6 Å². The zero-order chi connectivity index (χ0) is 15.3. The summed E-state index contributed by atoms with van der Waals surface area (Å²) in [6.45, 7) is 9.06. The lowest BCUT2D eigenvalue weighted by Gasteiger charge is -2.19. The van der Waals surface area contributed by atoms with Crippen molar-refractivity contribution in [3.8, 4) is 0 Å². The van der Waals surface area contributed by atoms with Crippen LogP contribution in [-0.4, -0.2) is 28.1 Å². The molecule has 2 N–H and O–H groups in total. The maximum absolute atomic E-state index is 5.70. The molecule has 5 nitrogen and oxygen atoms in total. The van der Waals surface area contributed by atoms with Crippen LogP contribution < -0.4 is 5.73 Å². The molecule has 0 radical (unpaired) electrons. The third-order valence-corrected chi connectivity index (χ3v) is 3.19. The summed E-state index contributed by atoms with van der Waals surface area (Å²) in [5.41, 5.74) is 6.86. The molecule has 2 rings (SSSR count). The van der Waals surface area contributed by atoms with E-state index in [0.29, 0.717) is 19.0 Å². The summed E-state index contributed by atoms with van der Waals surface area (Å²) in [4.78, 5) is 6.70. The van der Waals surface area contributed by atoms with Crippen molar-refractivity contribution in [1.82, 2.24) is 15.0 Å². The number of nitrogens with zero attached hydrogens (tertiary/aromatic N) is 3. The molecule has 0 saturated carbocycles. The Balaban J connectivity index is 2.04. The largest absolute Gasteiger partial charge is 0.338 e. The Morgan fingerprint density at radius 2 is 1.86 bits per heavy atom. The van der Waals surface area contributed by atoms with Crippen LogP contribution in [0.25, 0.3) is 0 Å². The molecule has 1 aromatic heterocycles. The van der Waals surface area contributed by atoms with Gasteiger partial charge >= 0.3 is 0 Å². The zero-order valence-electron chi connectivity index (χ0n) is 13.0. The average molecular weight is 288 g/mol. The van der Waals surface area contributed by atoms with E-state index in [9.17, 15) is 0 Å². The van der Waals surface area contributed by atoms with E-state index in [-0.39, 0.29) is 5.41 Å². The Morgan fingerprint density at radius 3 is 2.43 bits per heavy atom. The van der Waals surface area contributed by atoms with Crippen LogP contribution in [0.3, 0.4) is 0 Å². The lowest BCUT2D eigenvalue weighted by Crippen LogP contribution is -2.29. The van der Waals surface area contributed by atoms with Crippen molar-refractivity contribution in [2.75, 3.05) is 13.1 Å². The van der Waals surface area contributed by atoms with Gasteiger partial charge in [0.15, 0.2) is 5.82 Å². The Bertz CT molecular complexity index is 545. The molecule has 0 amide bonds. The molecule has 0 saturated heterocycles. The third kappa shape index (κ3) is 4.65. The van der Waals surface area contributed by atoms with E-state index in [1.165, 1.54) is 5.56 Å². The van der Waals surface area contributed by atoms with E-state index in [4.69, 9.17) is 10.3 Å². The van der Waals surface area contributed by atoms with Crippen LogP contribution >= 0.6 is 0 Å². The summed E-state index contributed by atoms with van der Waals surface area (Å²) >= 11 is 0. The van der Waals surface area contributed by atoms with Gasteiger partial charge in [0, 0.05) is 25.0 Å². The van der Waals surface area contributed by atoms with Gasteiger partial charge in [-0.2, -0.15) is 4.98 Å². The number of hydrogen-bond acceptors (Lipinski definition) is 5. The number of aromatic nitrogens is 2. The van der Waals surface area contributed by atoms with Crippen molar-refractivity contribution >= 4 is 0 Å². The molecule has 0 unspecified atom stereocenters. The highest BCUT2D eigenvalue weighted by Gasteiger charge is 2.21. The van der Waals surface area contributed by atoms with Crippen LogP contribution in [0, 0.1) is 0 Å². The number of hydrogen-bond donors (Lipinski definition) is 1. The first-order valence-corrected chi connectivity index (χ1v) is 7.28. The van der Waals surface area contributed by atoms with Crippen molar-refractivity contribution in [1.29, 1.82) is 0 Å². The van der Waals surface area contributed by atoms with Crippen molar-refractivity contribution in [3.63, 3.8) is 0 Å². The van der Waals surface area contributed by atoms with Gasteiger partial charge in [-0.15, -0.1) is 0 Å². The number of benzene rings is 1. The topological polar surface area (TPSA) is 68.2 Å². The van der Waals surface area contributed by atoms with E-state index < -0.39 is 0 Å². The predicted molar refractivity (Wildman–Crippen MR) is 82.6 cm³/mol. The molecule has 0 aliphatic heterocycles. The van der Waals surface area contributed by atoms with Gasteiger partial charge in [0.2, 0.25) is 5.89 Å². The minimum absolute atomic E-state index is 0.0973. The highest BCUT2D eigenvalue weighted by atomic mass is 16.5. The van der Waals surface area contributed by atoms with Gasteiger partial charge in [0.05, 0.1) is 6.54 Å². The van der Waals surface area contributed by atoms with Gasteiger partial charge in [-0.05, 0) is 5.56 Å². The molecule has 2 aromatic rings. The third-order valence-electron chi connectivity index (χ3n) is 3.19. The summed E-state index contributed by atoms with van der Waals surface area (Å²) in [7, 11) is 0. The molecule has 5 heteroatoms. The van der Waals surface area contributed by atoms with E-state index in [0.717, 1.165) is 18.9 Å². The summed E-state index contributed by atoms with van der Waals surface area (Å²) in [6, 6.07) is 10.3. The molecule has 0 aliphatic rings. The van der Waals surface area contributed by atoms with Gasteiger partial charge in [-0.25, -0.2) is 0 Å². The maximum atomic E-state index is 5.70. The van der Waals surface area contributed by atoms with Crippen molar-refractivity contribution in [2.45, 2.75) is 39.3 Å². The van der Waals surface area contributed by atoms with Crippen molar-refractivity contribution < 1.29 is 4.52 Å². The monoisotopic (exact) mass is 288 g/mol. The first-order valence-electron chi connectivity index (χ1n) is 7.28. The molecule has 0 atom stereocenters. The highest BCUT2D eigenvalue weighted by molar-refractivity contribution is 5.14. The molecule has 0 bridgehead atoms. The van der Waals surface area contributed by atoms with Gasteiger partial charge in [-0.3, -0.25) is 4.90 Å². The van der Waals surface area contributed by atoms with E-state index in [1.807, 2.05) is 18.2 Å². The van der Waals surface area contributed by atoms with E-state index in [2.05, 4.69) is 47.9 Å². The second kappa shape index (κ2) is 6.83. The first-order chi connectivity index (χ1) is 9.99. The van der Waals surface area contributed by atoms with E-state index in [1.54, 1.807) is 0 Å². The van der Waals surface area contributed by atoms with Crippen LogP contribution in [-0.2, 0) is 18.5 Å². The molecule has 0 spiro atoms. The first kappa shape index (κ1) is 15.7. The van der Waals surface area contributed by atoms with Gasteiger partial charge in [0.25, 0.3) is 0 Å². The summed E-state index contributed by atoms with van der Waals surface area (Å²) in [6.07, 6.45) is 0. The lowest BCUT2D eigenvalue weighted by molar-refractivity contribution is 0.223. The quantitative estimate of drug-likeness (QED) is 0.883. The molecule has 1 heterocycles. The Hall–Kier alpha value is -1.72. The van der Waals surface area contributed by atoms with Crippen LogP contribution in [0.1, 0.15) is 38.0 Å². The zero-order valence-corrected chi connectivity index (χ0v) is 13.0. The molecule has 1 aromatic carbocycles. The number of rotatable bonds is 6. The fourth-order valence-corrected chi connectivity index (χ4v) is 2.05. The fraction of sp³-hybridized carbons (Fsp3) is 0.500. The molecule has 114 valence electrons. The normalized spacial score (nSPS) is 12.0. The summed E-state index contributed by atoms with van der Waals surface area (Å²) in [5, 5.41) is 4.06. The highest BCUT2D eigenvalue weighted by Crippen LogP contribution is 2.19. The Kier molecular flexibility index (Phi) is 5.09. The molecule has 0 fully saturated rings. The van der Waals surface area contributed by atoms with Gasteiger partial charge in [0.1, 0.15) is 0 Å². The van der Waals surface area contributed by atoms with Crippen LogP contribution in [0.2, 0.25) is 0 Å². The van der Waals surface area contributed by atoms with Crippen LogP contribution in [0.15, 0.2) is 34.9 Å². The fourth-order valence-electron chi connectivity index (χ4n) is 2.05. The van der Waals surface area contributed by atoms with Gasteiger partial charge < -0.3 is 10.3 Å². The summed E-state index contributed by atoms with van der Waals surface area (Å²) in [5.74, 6) is 1.38. The van der Waals surface area contributed by atoms with Crippen LogP contribution in [0.4, 0.5) is 0 Å². The molecule has 0 aliphatic carbocycles.